The van der Waals surface area contributed by atoms with Gasteiger partial charge in [0, 0.05) is 6.54 Å². The summed E-state index contributed by atoms with van der Waals surface area (Å²) in [6.07, 6.45) is 10.1. The lowest BCUT2D eigenvalue weighted by molar-refractivity contribution is -0.160. The number of aryl methyl sites for hydroxylation is 1. The molecular weight excluding hydrogens is 568 g/mol. The first-order chi connectivity index (χ1) is 20.7. The number of halogens is 1. The number of allylic oxidation sites excluding steroid dienone is 1. The van der Waals surface area contributed by atoms with Gasteiger partial charge in [0.05, 0.1) is 41.5 Å². The molecule has 43 heavy (non-hydrogen) atoms. The number of likely N-dealkylation sites (tertiary alicyclic amines) is 1. The Morgan fingerprint density at radius 3 is 2.53 bits per heavy atom. The van der Waals surface area contributed by atoms with Crippen LogP contribution in [-0.4, -0.2) is 70.8 Å². The van der Waals surface area contributed by atoms with Gasteiger partial charge in [0.1, 0.15) is 17.6 Å². The summed E-state index contributed by atoms with van der Waals surface area (Å²) >= 11 is 6.66. The molecule has 0 saturated carbocycles. The summed E-state index contributed by atoms with van der Waals surface area (Å²) in [4.78, 5) is 46.4. The van der Waals surface area contributed by atoms with E-state index in [0.717, 1.165) is 24.0 Å². The highest BCUT2D eigenvalue weighted by Gasteiger charge is 2.75. The van der Waals surface area contributed by atoms with Gasteiger partial charge in [-0.2, -0.15) is 0 Å². The molecule has 2 fully saturated rings. The Bertz CT molecular complexity index is 1460. The Balaban J connectivity index is 1.52. The minimum atomic E-state index is -1.47. The molecule has 2 amide bonds. The van der Waals surface area contributed by atoms with E-state index < -0.39 is 47.0 Å². The number of carbonyl (C=O) groups excluding carboxylic acids is 3. The predicted octanol–water partition coefficient (Wildman–Crippen LogP) is 4.41. The second-order valence-corrected chi connectivity index (χ2v) is 12.5. The van der Waals surface area contributed by atoms with Crippen molar-refractivity contribution in [2.24, 2.45) is 11.8 Å². The molecule has 4 heterocycles. The molecule has 2 aromatic rings. The first-order valence-corrected chi connectivity index (χ1v) is 15.4. The molecule has 4 aliphatic rings. The largest absolute Gasteiger partial charge is 0.465 e. The zero-order valence-electron chi connectivity index (χ0n) is 24.4. The number of hydrogen-bond donors (Lipinski definition) is 1. The second kappa shape index (κ2) is 11.6. The highest BCUT2D eigenvalue weighted by molar-refractivity contribution is 6.34. The molecule has 0 radical (unpaired) electrons. The Kier molecular flexibility index (Phi) is 7.96. The van der Waals surface area contributed by atoms with E-state index in [0.29, 0.717) is 23.6 Å². The summed E-state index contributed by atoms with van der Waals surface area (Å²) in [5, 5.41) is 11.1. The van der Waals surface area contributed by atoms with Gasteiger partial charge in [0.15, 0.2) is 0 Å². The number of aliphatic hydroxyl groups excluding tert-OH is 1. The monoisotopic (exact) mass is 604 g/mol. The van der Waals surface area contributed by atoms with Gasteiger partial charge in [-0.05, 0) is 56.7 Å². The average molecular weight is 605 g/mol. The summed E-state index contributed by atoms with van der Waals surface area (Å²) in [6, 6.07) is 13.1. The van der Waals surface area contributed by atoms with E-state index in [1.807, 2.05) is 67.6 Å². The maximum absolute atomic E-state index is 14.9. The van der Waals surface area contributed by atoms with Crippen molar-refractivity contribution in [1.29, 1.82) is 0 Å². The van der Waals surface area contributed by atoms with Crippen molar-refractivity contribution in [2.75, 3.05) is 24.7 Å². The Hall–Kier alpha value is -3.46. The minimum Gasteiger partial charge on any atom is -0.465 e. The fraction of sp³-hybridized carbons (Fsp3) is 0.441. The van der Waals surface area contributed by atoms with E-state index in [-0.39, 0.29) is 25.7 Å². The highest BCUT2D eigenvalue weighted by Crippen LogP contribution is 2.58. The number of carbonyl (C=O) groups is 3. The fourth-order valence-corrected chi connectivity index (χ4v) is 7.76. The Morgan fingerprint density at radius 2 is 1.79 bits per heavy atom. The Morgan fingerprint density at radius 1 is 1.00 bits per heavy atom. The summed E-state index contributed by atoms with van der Waals surface area (Å²) < 4.78 is 12.6. The van der Waals surface area contributed by atoms with E-state index in [4.69, 9.17) is 21.1 Å². The van der Waals surface area contributed by atoms with Crippen molar-refractivity contribution in [3.63, 3.8) is 0 Å². The van der Waals surface area contributed by atoms with Crippen LogP contribution in [0.4, 0.5) is 5.69 Å². The summed E-state index contributed by atoms with van der Waals surface area (Å²) in [5.74, 6) is -3.32. The van der Waals surface area contributed by atoms with Gasteiger partial charge in [-0.3, -0.25) is 14.4 Å². The fourth-order valence-electron chi connectivity index (χ4n) is 7.43. The van der Waals surface area contributed by atoms with Gasteiger partial charge >= 0.3 is 5.97 Å². The maximum atomic E-state index is 14.9. The number of fused-ring (bicyclic) bond motifs is 2. The molecule has 226 valence electrons. The summed E-state index contributed by atoms with van der Waals surface area (Å²) in [6.45, 7) is 3.75. The molecule has 1 unspecified atom stereocenters. The third-order valence-corrected chi connectivity index (χ3v) is 9.62. The molecule has 8 nitrogen and oxygen atoms in total. The molecule has 1 spiro atoms. The average Bonchev–Trinajstić information content (AvgIpc) is 3.32. The van der Waals surface area contributed by atoms with Gasteiger partial charge in [-0.1, -0.05) is 78.4 Å². The highest BCUT2D eigenvalue weighted by atomic mass is 35.5. The molecule has 9 heteroatoms. The van der Waals surface area contributed by atoms with Crippen molar-refractivity contribution in [3.8, 4) is 0 Å². The van der Waals surface area contributed by atoms with Crippen LogP contribution < -0.4 is 4.90 Å². The molecule has 1 N–H and O–H groups in total. The normalized spacial score (nSPS) is 32.0. The zero-order chi connectivity index (χ0) is 30.4. The molecule has 2 saturated heterocycles. The third kappa shape index (κ3) is 4.89. The van der Waals surface area contributed by atoms with Crippen molar-refractivity contribution >= 4 is 35.1 Å². The lowest BCUT2D eigenvalue weighted by Gasteiger charge is -2.40. The van der Waals surface area contributed by atoms with Crippen LogP contribution in [0.5, 0.6) is 0 Å². The van der Waals surface area contributed by atoms with Crippen LogP contribution in [0, 0.1) is 18.8 Å². The van der Waals surface area contributed by atoms with E-state index in [2.05, 4.69) is 0 Å². The molecule has 0 aliphatic carbocycles. The van der Waals surface area contributed by atoms with E-state index in [1.165, 1.54) is 4.90 Å². The smallest absolute Gasteiger partial charge is 0.313 e. The van der Waals surface area contributed by atoms with Crippen LogP contribution in [0.3, 0.4) is 0 Å². The first kappa shape index (κ1) is 29.6. The molecule has 4 aliphatic heterocycles. The van der Waals surface area contributed by atoms with E-state index in [1.54, 1.807) is 24.0 Å². The predicted molar refractivity (Wildman–Crippen MR) is 162 cm³/mol. The topological polar surface area (TPSA) is 96.4 Å². The molecule has 2 aromatic carbocycles. The van der Waals surface area contributed by atoms with Crippen LogP contribution >= 0.6 is 11.6 Å². The van der Waals surface area contributed by atoms with Crippen LogP contribution in [0.2, 0.25) is 5.02 Å². The van der Waals surface area contributed by atoms with Crippen molar-refractivity contribution in [3.05, 3.63) is 89.0 Å². The van der Waals surface area contributed by atoms with E-state index >= 15 is 0 Å². The SMILES string of the molecule is Cc1cccc(Cl)c1N1CC=C[C@]23O[C@@]4(C)/C=C\CCCCOC(=O)[C@H]4[C@H]2C(=O)N([C@@H](CO)Cc2ccccc2)C3C1=O. The number of hydrogen-bond acceptors (Lipinski definition) is 6. The number of benzene rings is 2. The standard InChI is InChI=1S/C34H37ClN2O6/c1-22-12-10-15-25(35)28(22)36-18-11-17-34-26(27-32(41)42-19-9-4-3-8-16-33(27,2)43-34)30(39)37(29(34)31(36)40)24(21-38)20-23-13-6-5-7-14-23/h5-8,10-17,24,26-27,29,38H,3-4,9,18-21H2,1-2H3/b16-8-/t24-,26+,27-,29?,33+,34+/m1/s1. The number of nitrogens with zero attached hydrogens (tertiary/aromatic N) is 2. The lowest BCUT2D eigenvalue weighted by atomic mass is 9.74. The second-order valence-electron chi connectivity index (χ2n) is 12.1. The number of rotatable bonds is 5. The number of ether oxygens (including phenoxy) is 2. The molecule has 0 aromatic heterocycles. The molecule has 6 atom stereocenters. The molecule has 6 rings (SSSR count). The summed E-state index contributed by atoms with van der Waals surface area (Å²) in [7, 11) is 0. The van der Waals surface area contributed by atoms with Gasteiger partial charge in [-0.15, -0.1) is 0 Å². The number of aliphatic hydroxyl groups is 1. The number of para-hydroxylation sites is 1. The number of amides is 2. The maximum Gasteiger partial charge on any atom is 0.313 e. The number of cyclic esters (lactones) is 1. The first-order valence-electron chi connectivity index (χ1n) is 15.0. The minimum absolute atomic E-state index is 0.198. The van der Waals surface area contributed by atoms with Crippen LogP contribution in [0.1, 0.15) is 37.3 Å². The third-order valence-electron chi connectivity index (χ3n) is 9.31. The van der Waals surface area contributed by atoms with Gasteiger partial charge in [0.25, 0.3) is 5.91 Å². The van der Waals surface area contributed by atoms with Gasteiger partial charge in [-0.25, -0.2) is 0 Å². The van der Waals surface area contributed by atoms with E-state index in [9.17, 15) is 19.5 Å². The number of esters is 1. The van der Waals surface area contributed by atoms with Crippen molar-refractivity contribution < 1.29 is 29.0 Å². The zero-order valence-corrected chi connectivity index (χ0v) is 25.2. The van der Waals surface area contributed by atoms with Gasteiger partial charge in [0.2, 0.25) is 5.91 Å². The molecular formula is C34H37ClN2O6. The van der Waals surface area contributed by atoms with Gasteiger partial charge < -0.3 is 24.4 Å². The number of anilines is 1. The van der Waals surface area contributed by atoms with Crippen LogP contribution in [-0.2, 0) is 30.3 Å². The summed E-state index contributed by atoms with van der Waals surface area (Å²) in [5.41, 5.74) is -0.395. The quantitative estimate of drug-likeness (QED) is 0.401. The van der Waals surface area contributed by atoms with Crippen LogP contribution in [0.15, 0.2) is 72.8 Å². The Labute approximate surface area is 256 Å². The van der Waals surface area contributed by atoms with Crippen LogP contribution in [0.25, 0.3) is 0 Å². The molecule has 0 bridgehead atoms. The van der Waals surface area contributed by atoms with Crippen molar-refractivity contribution in [2.45, 2.75) is 62.8 Å². The lowest BCUT2D eigenvalue weighted by Crippen LogP contribution is -2.59. The van der Waals surface area contributed by atoms with Crippen molar-refractivity contribution in [1.82, 2.24) is 4.90 Å².